The van der Waals surface area contributed by atoms with Crippen molar-refractivity contribution >= 4 is 68.3 Å². The van der Waals surface area contributed by atoms with Gasteiger partial charge in [0.15, 0.2) is 5.11 Å². The van der Waals surface area contributed by atoms with E-state index in [4.69, 9.17) is 17.0 Å². The van der Waals surface area contributed by atoms with Crippen LogP contribution >= 0.6 is 34.8 Å². The Labute approximate surface area is 180 Å². The molecular weight excluding hydrogens is 491 g/mol. The van der Waals surface area contributed by atoms with Crippen LogP contribution in [0.25, 0.3) is 10.8 Å². The number of benzene rings is 3. The molecule has 0 saturated carbocycles. The number of carboxylic acids is 1. The summed E-state index contributed by atoms with van der Waals surface area (Å²) in [6, 6.07) is 16.0. The van der Waals surface area contributed by atoms with E-state index in [-0.39, 0.29) is 10.7 Å². The number of aromatic carboxylic acids is 1. The molecule has 0 aliphatic heterocycles. The van der Waals surface area contributed by atoms with Crippen LogP contribution in [-0.2, 0) is 0 Å². The van der Waals surface area contributed by atoms with Gasteiger partial charge in [-0.05, 0) is 75.9 Å². The van der Waals surface area contributed by atoms with Gasteiger partial charge < -0.3 is 15.2 Å². The first kappa shape index (κ1) is 20.0. The van der Waals surface area contributed by atoms with Crippen LogP contribution in [0.5, 0.6) is 5.75 Å². The van der Waals surface area contributed by atoms with E-state index in [1.807, 2.05) is 46.9 Å². The van der Waals surface area contributed by atoms with Gasteiger partial charge in [-0.2, -0.15) is 0 Å². The van der Waals surface area contributed by atoms with Gasteiger partial charge in [0.2, 0.25) is 0 Å². The molecule has 0 aliphatic rings. The second-order valence-electron chi connectivity index (χ2n) is 5.80. The molecule has 0 heterocycles. The molecule has 28 heavy (non-hydrogen) atoms. The lowest BCUT2D eigenvalue weighted by molar-refractivity contribution is 0.0697. The minimum absolute atomic E-state index is 0.0103. The van der Waals surface area contributed by atoms with Crippen molar-refractivity contribution in [3.8, 4) is 5.75 Å². The van der Waals surface area contributed by atoms with Crippen molar-refractivity contribution < 1.29 is 19.4 Å². The number of hydrogen-bond donors (Lipinski definition) is 3. The Hall–Kier alpha value is -2.72. The average Bonchev–Trinajstić information content (AvgIpc) is 2.67. The SMILES string of the molecule is COc1cc2ccccc2cc1C(=O)NC(=S)Nc1ccc(I)cc1C(=O)O. The molecule has 0 bridgehead atoms. The molecule has 0 saturated heterocycles. The van der Waals surface area contributed by atoms with Crippen LogP contribution in [0.4, 0.5) is 5.69 Å². The van der Waals surface area contributed by atoms with Crippen LogP contribution in [0.1, 0.15) is 20.7 Å². The second kappa shape index (κ2) is 8.53. The highest BCUT2D eigenvalue weighted by Gasteiger charge is 2.17. The Morgan fingerprint density at radius 2 is 1.71 bits per heavy atom. The fourth-order valence-corrected chi connectivity index (χ4v) is 3.39. The van der Waals surface area contributed by atoms with Crippen LogP contribution in [-0.4, -0.2) is 29.2 Å². The van der Waals surface area contributed by atoms with Gasteiger partial charge in [-0.3, -0.25) is 10.1 Å². The van der Waals surface area contributed by atoms with E-state index in [1.54, 1.807) is 24.3 Å². The van der Waals surface area contributed by atoms with E-state index in [1.165, 1.54) is 13.2 Å². The quantitative estimate of drug-likeness (QED) is 0.362. The van der Waals surface area contributed by atoms with Crippen molar-refractivity contribution in [2.45, 2.75) is 0 Å². The van der Waals surface area contributed by atoms with E-state index >= 15 is 0 Å². The maximum Gasteiger partial charge on any atom is 0.337 e. The van der Waals surface area contributed by atoms with Gasteiger partial charge >= 0.3 is 5.97 Å². The van der Waals surface area contributed by atoms with E-state index < -0.39 is 11.9 Å². The number of nitrogens with one attached hydrogen (secondary N) is 2. The molecule has 3 N–H and O–H groups in total. The van der Waals surface area contributed by atoms with Gasteiger partial charge in [0.05, 0.1) is 23.9 Å². The molecule has 0 aliphatic carbocycles. The maximum atomic E-state index is 12.7. The predicted molar refractivity (Wildman–Crippen MR) is 120 cm³/mol. The number of methoxy groups -OCH3 is 1. The van der Waals surface area contributed by atoms with E-state index in [0.29, 0.717) is 17.0 Å². The Morgan fingerprint density at radius 1 is 1.04 bits per heavy atom. The van der Waals surface area contributed by atoms with Gasteiger partial charge in [-0.1, -0.05) is 24.3 Å². The number of carbonyl (C=O) groups excluding carboxylic acids is 1. The zero-order valence-electron chi connectivity index (χ0n) is 14.7. The van der Waals surface area contributed by atoms with Gasteiger partial charge in [0.25, 0.3) is 5.91 Å². The molecule has 3 rings (SSSR count). The van der Waals surface area contributed by atoms with E-state index in [9.17, 15) is 14.7 Å². The maximum absolute atomic E-state index is 12.7. The molecule has 0 fully saturated rings. The number of halogens is 1. The Balaban J connectivity index is 1.83. The fraction of sp³-hybridized carbons (Fsp3) is 0.0500. The first-order valence-electron chi connectivity index (χ1n) is 8.11. The highest BCUT2D eigenvalue weighted by atomic mass is 127. The normalized spacial score (nSPS) is 10.4. The van der Waals surface area contributed by atoms with E-state index in [0.717, 1.165) is 14.3 Å². The number of hydrogen-bond acceptors (Lipinski definition) is 4. The lowest BCUT2D eigenvalue weighted by Crippen LogP contribution is -2.34. The van der Waals surface area contributed by atoms with Crippen molar-refractivity contribution in [1.29, 1.82) is 0 Å². The number of carbonyl (C=O) groups is 2. The molecule has 0 aromatic heterocycles. The highest BCUT2D eigenvalue weighted by Crippen LogP contribution is 2.26. The van der Waals surface area contributed by atoms with Crippen LogP contribution in [0.2, 0.25) is 0 Å². The minimum Gasteiger partial charge on any atom is -0.496 e. The first-order chi connectivity index (χ1) is 13.4. The van der Waals surface area contributed by atoms with E-state index in [2.05, 4.69) is 10.6 Å². The molecule has 0 unspecified atom stereocenters. The third kappa shape index (κ3) is 4.39. The van der Waals surface area contributed by atoms with Crippen molar-refractivity contribution in [1.82, 2.24) is 5.32 Å². The standard InChI is InChI=1S/C20H15IN2O4S/c1-27-17-9-12-5-3-2-4-11(12)8-15(17)18(24)23-20(28)22-16-7-6-13(21)10-14(16)19(25)26/h2-10H,1H3,(H,25,26)(H2,22,23,24,28). The molecule has 0 radical (unpaired) electrons. The number of anilines is 1. The smallest absolute Gasteiger partial charge is 0.337 e. The summed E-state index contributed by atoms with van der Waals surface area (Å²) in [7, 11) is 1.49. The largest absolute Gasteiger partial charge is 0.496 e. The molecule has 6 nitrogen and oxygen atoms in total. The lowest BCUT2D eigenvalue weighted by Gasteiger charge is -2.14. The highest BCUT2D eigenvalue weighted by molar-refractivity contribution is 14.1. The number of amides is 1. The van der Waals surface area contributed by atoms with Crippen molar-refractivity contribution in [3.05, 3.63) is 69.3 Å². The average molecular weight is 506 g/mol. The Morgan fingerprint density at radius 3 is 2.36 bits per heavy atom. The molecule has 3 aromatic rings. The minimum atomic E-state index is -1.09. The van der Waals surface area contributed by atoms with Crippen LogP contribution in [0, 0.1) is 3.57 Å². The fourth-order valence-electron chi connectivity index (χ4n) is 2.69. The molecule has 0 spiro atoms. The Bertz CT molecular complexity index is 1100. The molecule has 142 valence electrons. The lowest BCUT2D eigenvalue weighted by atomic mass is 10.1. The number of carboxylic acid groups (broad SMARTS) is 1. The summed E-state index contributed by atoms with van der Waals surface area (Å²) in [5.41, 5.74) is 0.682. The molecule has 3 aromatic carbocycles. The molecule has 1 amide bonds. The summed E-state index contributed by atoms with van der Waals surface area (Å²) in [5.74, 6) is -1.13. The third-order valence-electron chi connectivity index (χ3n) is 4.00. The van der Waals surface area contributed by atoms with Crippen molar-refractivity contribution in [3.63, 3.8) is 0 Å². The second-order valence-corrected chi connectivity index (χ2v) is 7.46. The summed E-state index contributed by atoms with van der Waals surface area (Å²) in [5, 5.41) is 16.5. The summed E-state index contributed by atoms with van der Waals surface area (Å²) in [4.78, 5) is 24.1. The Kier molecular flexibility index (Phi) is 6.10. The van der Waals surface area contributed by atoms with Crippen LogP contribution < -0.4 is 15.4 Å². The van der Waals surface area contributed by atoms with Crippen molar-refractivity contribution in [2.75, 3.05) is 12.4 Å². The first-order valence-corrected chi connectivity index (χ1v) is 9.59. The topological polar surface area (TPSA) is 87.7 Å². The van der Waals surface area contributed by atoms with Gasteiger partial charge in [0, 0.05) is 3.57 Å². The zero-order valence-corrected chi connectivity index (χ0v) is 17.6. The van der Waals surface area contributed by atoms with Gasteiger partial charge in [-0.15, -0.1) is 0 Å². The summed E-state index contributed by atoms with van der Waals surface area (Å²) >= 11 is 7.21. The summed E-state index contributed by atoms with van der Waals surface area (Å²) < 4.78 is 6.11. The molecule has 8 heteroatoms. The zero-order chi connectivity index (χ0) is 20.3. The number of fused-ring (bicyclic) bond motifs is 1. The number of ether oxygens (including phenoxy) is 1. The monoisotopic (exact) mass is 506 g/mol. The number of rotatable bonds is 4. The molecule has 0 atom stereocenters. The summed E-state index contributed by atoms with van der Waals surface area (Å²) in [6.07, 6.45) is 0. The van der Waals surface area contributed by atoms with Gasteiger partial charge in [0.1, 0.15) is 5.75 Å². The number of thiocarbonyl (C=S) groups is 1. The predicted octanol–water partition coefficient (Wildman–Crippen LogP) is 4.28. The third-order valence-corrected chi connectivity index (χ3v) is 4.87. The van der Waals surface area contributed by atoms with Crippen LogP contribution in [0.3, 0.4) is 0 Å². The van der Waals surface area contributed by atoms with Gasteiger partial charge in [-0.25, -0.2) is 4.79 Å². The summed E-state index contributed by atoms with van der Waals surface area (Å²) in [6.45, 7) is 0. The molecular formula is C20H15IN2O4S. The van der Waals surface area contributed by atoms with Crippen molar-refractivity contribution in [2.24, 2.45) is 0 Å². The van der Waals surface area contributed by atoms with Crippen LogP contribution in [0.15, 0.2) is 54.6 Å².